The van der Waals surface area contributed by atoms with E-state index < -0.39 is 11.8 Å². The Labute approximate surface area is 204 Å². The highest BCUT2D eigenvalue weighted by Crippen LogP contribution is 2.32. The van der Waals surface area contributed by atoms with Gasteiger partial charge in [0.1, 0.15) is 18.2 Å². The van der Waals surface area contributed by atoms with Crippen LogP contribution in [-0.2, 0) is 11.4 Å². The molecule has 1 saturated heterocycles. The van der Waals surface area contributed by atoms with Crippen LogP contribution >= 0.6 is 35.6 Å². The molecule has 4 rings (SSSR count). The fraction of sp³-hybridized carbons (Fsp3) is 0.0417. The molecule has 0 unspecified atom stereocenters. The van der Waals surface area contributed by atoms with Crippen molar-refractivity contribution in [3.63, 3.8) is 0 Å². The van der Waals surface area contributed by atoms with Crippen molar-refractivity contribution in [2.75, 3.05) is 0 Å². The highest BCUT2D eigenvalue weighted by Gasteiger charge is 2.33. The summed E-state index contributed by atoms with van der Waals surface area (Å²) < 4.78 is 19.6. The van der Waals surface area contributed by atoms with Gasteiger partial charge in [0.2, 0.25) is 0 Å². The molecule has 0 spiro atoms. The molecule has 0 atom stereocenters. The highest BCUT2D eigenvalue weighted by atomic mass is 35.5. The number of rotatable bonds is 6. The number of thioether (sulfide) groups is 1. The van der Waals surface area contributed by atoms with Crippen molar-refractivity contribution in [2.24, 2.45) is 0 Å². The first-order valence-corrected chi connectivity index (χ1v) is 11.3. The van der Waals surface area contributed by atoms with Crippen LogP contribution in [0.3, 0.4) is 0 Å². The van der Waals surface area contributed by atoms with Crippen molar-refractivity contribution in [1.82, 2.24) is 10.4 Å². The number of hydrazine groups is 1. The molecule has 0 saturated carbocycles. The van der Waals surface area contributed by atoms with Gasteiger partial charge in [-0.3, -0.25) is 15.0 Å². The van der Waals surface area contributed by atoms with Crippen LogP contribution in [0.25, 0.3) is 6.08 Å². The second kappa shape index (κ2) is 10.2. The predicted molar refractivity (Wildman–Crippen MR) is 131 cm³/mol. The van der Waals surface area contributed by atoms with Crippen LogP contribution in [0, 0.1) is 5.82 Å². The summed E-state index contributed by atoms with van der Waals surface area (Å²) in [6.07, 6.45) is 1.67. The van der Waals surface area contributed by atoms with Gasteiger partial charge in [-0.25, -0.2) is 4.39 Å². The fourth-order valence-electron chi connectivity index (χ4n) is 2.92. The maximum absolute atomic E-state index is 13.7. The lowest BCUT2D eigenvalue weighted by Gasteiger charge is -2.15. The molecule has 1 fully saturated rings. The number of hydrogen-bond acceptors (Lipinski definition) is 5. The molecule has 0 aromatic heterocycles. The lowest BCUT2D eigenvalue weighted by Crippen LogP contribution is -2.44. The van der Waals surface area contributed by atoms with Crippen molar-refractivity contribution < 1.29 is 18.7 Å². The topological polar surface area (TPSA) is 58.6 Å². The van der Waals surface area contributed by atoms with Crippen LogP contribution in [0.1, 0.15) is 21.5 Å². The van der Waals surface area contributed by atoms with Crippen LogP contribution in [0.4, 0.5) is 4.39 Å². The minimum atomic E-state index is -0.472. The average molecular weight is 499 g/mol. The van der Waals surface area contributed by atoms with Crippen LogP contribution in [0.15, 0.2) is 77.7 Å². The number of carbonyl (C=O) groups is 2. The van der Waals surface area contributed by atoms with Crippen LogP contribution < -0.4 is 10.2 Å². The summed E-state index contributed by atoms with van der Waals surface area (Å²) >= 11 is 12.2. The van der Waals surface area contributed by atoms with E-state index in [0.717, 1.165) is 22.3 Å². The Morgan fingerprint density at radius 3 is 2.48 bits per heavy atom. The zero-order valence-corrected chi connectivity index (χ0v) is 19.3. The molecule has 3 aromatic carbocycles. The van der Waals surface area contributed by atoms with E-state index in [4.69, 9.17) is 28.6 Å². The number of ether oxygens (including phenoxy) is 1. The van der Waals surface area contributed by atoms with E-state index in [-0.39, 0.29) is 16.7 Å². The molecule has 0 aliphatic carbocycles. The average Bonchev–Trinajstić information content (AvgIpc) is 3.07. The molecule has 0 radical (unpaired) electrons. The van der Waals surface area contributed by atoms with Gasteiger partial charge in [0.25, 0.3) is 11.8 Å². The third kappa shape index (κ3) is 5.60. The standard InChI is InChI=1S/C24H16ClFN2O3S2/c25-18-9-7-16(8-10-18)22(29)27-28-23(30)21(33-24(28)32)13-15-5-11-19(12-6-15)31-14-17-3-1-2-4-20(17)26/h1-13H,14H2,(H,27,29)/b21-13+. The van der Waals surface area contributed by atoms with Crippen molar-refractivity contribution in [2.45, 2.75) is 6.61 Å². The number of carbonyl (C=O) groups excluding carboxylic acids is 2. The lowest BCUT2D eigenvalue weighted by atomic mass is 10.2. The summed E-state index contributed by atoms with van der Waals surface area (Å²) in [6.45, 7) is 0.109. The lowest BCUT2D eigenvalue weighted by molar-refractivity contribution is -0.123. The molecular formula is C24H16ClFN2O3S2. The van der Waals surface area contributed by atoms with E-state index >= 15 is 0 Å². The van der Waals surface area contributed by atoms with Gasteiger partial charge in [-0.2, -0.15) is 5.01 Å². The molecule has 1 heterocycles. The van der Waals surface area contributed by atoms with Gasteiger partial charge in [-0.15, -0.1) is 0 Å². The Morgan fingerprint density at radius 2 is 1.79 bits per heavy atom. The Hall–Kier alpha value is -3.20. The first-order valence-electron chi connectivity index (χ1n) is 9.71. The highest BCUT2D eigenvalue weighted by molar-refractivity contribution is 8.26. The number of thiocarbonyl (C=S) groups is 1. The first-order chi connectivity index (χ1) is 15.9. The van der Waals surface area contributed by atoms with Gasteiger partial charge in [0.05, 0.1) is 4.91 Å². The maximum Gasteiger partial charge on any atom is 0.285 e. The van der Waals surface area contributed by atoms with Gasteiger partial charge in [0, 0.05) is 16.1 Å². The molecule has 33 heavy (non-hydrogen) atoms. The number of benzene rings is 3. The summed E-state index contributed by atoms with van der Waals surface area (Å²) in [5.41, 5.74) is 4.09. The van der Waals surface area contributed by atoms with E-state index in [9.17, 15) is 14.0 Å². The minimum absolute atomic E-state index is 0.109. The summed E-state index contributed by atoms with van der Waals surface area (Å²) in [7, 11) is 0. The first kappa shape index (κ1) is 23.0. The number of halogens is 2. The number of amides is 2. The van der Waals surface area contributed by atoms with E-state index in [0.29, 0.717) is 26.8 Å². The Bertz CT molecular complexity index is 1250. The van der Waals surface area contributed by atoms with Crippen molar-refractivity contribution >= 4 is 57.8 Å². The second-order valence-corrected chi connectivity index (χ2v) is 9.03. The Balaban J connectivity index is 1.40. The number of hydrogen-bond donors (Lipinski definition) is 1. The monoisotopic (exact) mass is 498 g/mol. The molecule has 3 aromatic rings. The van der Waals surface area contributed by atoms with E-state index in [2.05, 4.69) is 5.43 Å². The van der Waals surface area contributed by atoms with E-state index in [1.54, 1.807) is 72.8 Å². The van der Waals surface area contributed by atoms with Crippen molar-refractivity contribution in [3.05, 3.63) is 105 Å². The summed E-state index contributed by atoms with van der Waals surface area (Å²) in [5, 5.41) is 1.55. The molecule has 166 valence electrons. The SMILES string of the molecule is O=C(NN1C(=O)/C(=C\c2ccc(OCc3ccccc3F)cc2)SC1=S)c1ccc(Cl)cc1. The van der Waals surface area contributed by atoms with Gasteiger partial charge in [-0.05, 0) is 66.3 Å². The van der Waals surface area contributed by atoms with Crippen molar-refractivity contribution in [1.29, 1.82) is 0 Å². The molecule has 2 amide bonds. The van der Waals surface area contributed by atoms with Gasteiger partial charge < -0.3 is 4.74 Å². The fourth-order valence-corrected chi connectivity index (χ4v) is 4.23. The predicted octanol–water partition coefficient (Wildman–Crippen LogP) is 5.60. The normalized spacial score (nSPS) is 14.6. The zero-order valence-electron chi connectivity index (χ0n) is 17.0. The summed E-state index contributed by atoms with van der Waals surface area (Å²) in [6, 6.07) is 19.7. The maximum atomic E-state index is 13.7. The van der Waals surface area contributed by atoms with Gasteiger partial charge in [-0.1, -0.05) is 53.7 Å². The quantitative estimate of drug-likeness (QED) is 0.354. The third-order valence-corrected chi connectivity index (χ3v) is 6.20. The molecule has 1 aliphatic heterocycles. The Morgan fingerprint density at radius 1 is 1.09 bits per heavy atom. The van der Waals surface area contributed by atoms with Crippen LogP contribution in [-0.4, -0.2) is 21.1 Å². The molecule has 5 nitrogen and oxygen atoms in total. The zero-order chi connectivity index (χ0) is 23.4. The molecule has 1 N–H and O–H groups in total. The number of nitrogens with zero attached hydrogens (tertiary/aromatic N) is 1. The van der Waals surface area contributed by atoms with E-state index in [1.165, 1.54) is 6.07 Å². The number of nitrogens with one attached hydrogen (secondary N) is 1. The molecule has 9 heteroatoms. The summed E-state index contributed by atoms with van der Waals surface area (Å²) in [5.74, 6) is -0.648. The molecule has 1 aliphatic rings. The largest absolute Gasteiger partial charge is 0.489 e. The van der Waals surface area contributed by atoms with Gasteiger partial charge >= 0.3 is 0 Å². The van der Waals surface area contributed by atoms with Gasteiger partial charge in [0.15, 0.2) is 4.32 Å². The van der Waals surface area contributed by atoms with Crippen LogP contribution in [0.5, 0.6) is 5.75 Å². The third-order valence-electron chi connectivity index (χ3n) is 4.64. The molecule has 0 bridgehead atoms. The smallest absolute Gasteiger partial charge is 0.285 e. The van der Waals surface area contributed by atoms with Crippen molar-refractivity contribution in [3.8, 4) is 5.75 Å². The summed E-state index contributed by atoms with van der Waals surface area (Å²) in [4.78, 5) is 25.5. The minimum Gasteiger partial charge on any atom is -0.489 e. The van der Waals surface area contributed by atoms with E-state index in [1.807, 2.05) is 0 Å². The molecular weight excluding hydrogens is 483 g/mol. The second-order valence-electron chi connectivity index (χ2n) is 6.91. The Kier molecular flexibility index (Phi) is 7.08. The van der Waals surface area contributed by atoms with Crippen LogP contribution in [0.2, 0.25) is 5.02 Å².